The molecule has 1 aliphatic heterocycles. The van der Waals surface area contributed by atoms with Gasteiger partial charge in [0, 0.05) is 18.3 Å². The zero-order valence-corrected chi connectivity index (χ0v) is 16.1. The molecule has 1 aliphatic carbocycles. The minimum atomic E-state index is -0.502. The molecule has 2 amide bonds. The topological polar surface area (TPSA) is 49.4 Å². The molecule has 1 saturated heterocycles. The van der Waals surface area contributed by atoms with Crippen molar-refractivity contribution >= 4 is 17.5 Å². The van der Waals surface area contributed by atoms with Crippen LogP contribution in [0.4, 0.5) is 5.69 Å². The first-order valence-electron chi connectivity index (χ1n) is 9.35. The van der Waals surface area contributed by atoms with Crippen LogP contribution in [0, 0.1) is 17.8 Å². The fourth-order valence-corrected chi connectivity index (χ4v) is 5.20. The number of nitrogens with zero attached hydrogens (tertiary/aromatic N) is 1. The number of carbonyl (C=O) groups is 2. The molecule has 1 saturated carbocycles. The van der Waals surface area contributed by atoms with Gasteiger partial charge < -0.3 is 10.2 Å². The van der Waals surface area contributed by atoms with Gasteiger partial charge in [-0.2, -0.15) is 0 Å². The highest BCUT2D eigenvalue weighted by Crippen LogP contribution is 2.52. The number of aryl methyl sites for hydroxylation is 2. The van der Waals surface area contributed by atoms with Crippen LogP contribution >= 0.6 is 0 Å². The number of benzene rings is 1. The summed E-state index contributed by atoms with van der Waals surface area (Å²) in [6.07, 6.45) is 3.93. The Morgan fingerprint density at radius 3 is 2.64 bits per heavy atom. The average Bonchev–Trinajstić information content (AvgIpc) is 2.77. The standard InChI is InChI=1S/C21H30N2O2/c1-6-15-9-7-8-14(2)17(15)22-18(24)19(25)23-13-21(5)11-16(23)10-20(3,4)12-21/h7-9,16H,6,10-13H2,1-5H3,(H,22,24). The number of fused-ring (bicyclic) bond motifs is 2. The number of para-hydroxylation sites is 1. The molecule has 136 valence electrons. The zero-order valence-electron chi connectivity index (χ0n) is 16.1. The van der Waals surface area contributed by atoms with Crippen LogP contribution in [-0.2, 0) is 16.0 Å². The predicted molar refractivity (Wildman–Crippen MR) is 100 cm³/mol. The summed E-state index contributed by atoms with van der Waals surface area (Å²) in [6, 6.07) is 6.14. The molecular formula is C21H30N2O2. The van der Waals surface area contributed by atoms with Crippen LogP contribution in [0.25, 0.3) is 0 Å². The molecule has 1 aromatic carbocycles. The Hall–Kier alpha value is -1.84. The quantitative estimate of drug-likeness (QED) is 0.828. The lowest BCUT2D eigenvalue weighted by Gasteiger charge is -2.39. The smallest absolute Gasteiger partial charge is 0.313 e. The summed E-state index contributed by atoms with van der Waals surface area (Å²) in [5.74, 6) is -0.880. The molecule has 2 bridgehead atoms. The molecule has 1 heterocycles. The van der Waals surface area contributed by atoms with Crippen molar-refractivity contribution < 1.29 is 9.59 Å². The van der Waals surface area contributed by atoms with Crippen LogP contribution in [0.3, 0.4) is 0 Å². The lowest BCUT2D eigenvalue weighted by Crippen LogP contribution is -2.43. The van der Waals surface area contributed by atoms with E-state index in [-0.39, 0.29) is 22.8 Å². The minimum absolute atomic E-state index is 0.138. The fourth-order valence-electron chi connectivity index (χ4n) is 5.20. The monoisotopic (exact) mass is 342 g/mol. The van der Waals surface area contributed by atoms with Gasteiger partial charge in [-0.1, -0.05) is 45.9 Å². The van der Waals surface area contributed by atoms with Crippen LogP contribution in [0.1, 0.15) is 58.1 Å². The molecule has 1 aromatic rings. The number of likely N-dealkylation sites (tertiary alicyclic amines) is 1. The van der Waals surface area contributed by atoms with Gasteiger partial charge in [-0.3, -0.25) is 9.59 Å². The second-order valence-electron chi connectivity index (χ2n) is 9.06. The fraction of sp³-hybridized carbons (Fsp3) is 0.619. The third-order valence-electron chi connectivity index (χ3n) is 5.85. The van der Waals surface area contributed by atoms with E-state index in [1.807, 2.05) is 30.0 Å². The highest BCUT2D eigenvalue weighted by molar-refractivity contribution is 6.39. The predicted octanol–water partition coefficient (Wildman–Crippen LogP) is 3.92. The highest BCUT2D eigenvalue weighted by atomic mass is 16.2. The van der Waals surface area contributed by atoms with Crippen molar-refractivity contribution in [1.82, 2.24) is 4.90 Å². The van der Waals surface area contributed by atoms with E-state index < -0.39 is 5.91 Å². The molecule has 3 rings (SSSR count). The second kappa shape index (κ2) is 6.15. The average molecular weight is 342 g/mol. The van der Waals surface area contributed by atoms with E-state index in [9.17, 15) is 9.59 Å². The number of anilines is 1. The molecule has 4 heteroatoms. The van der Waals surface area contributed by atoms with E-state index in [1.54, 1.807) is 0 Å². The highest BCUT2D eigenvalue weighted by Gasteiger charge is 2.51. The van der Waals surface area contributed by atoms with E-state index >= 15 is 0 Å². The maximum Gasteiger partial charge on any atom is 0.313 e. The van der Waals surface area contributed by atoms with E-state index in [2.05, 4.69) is 33.0 Å². The summed E-state index contributed by atoms with van der Waals surface area (Å²) in [6.45, 7) is 11.5. The molecule has 2 atom stereocenters. The Morgan fingerprint density at radius 2 is 1.96 bits per heavy atom. The van der Waals surface area contributed by atoms with Crippen molar-refractivity contribution in [2.45, 2.75) is 66.3 Å². The SMILES string of the molecule is CCc1cccc(C)c1NC(=O)C(=O)N1CC2(C)CC1CC(C)(C)C2. The number of rotatable bonds is 2. The van der Waals surface area contributed by atoms with Crippen LogP contribution in [0.2, 0.25) is 0 Å². The summed E-state index contributed by atoms with van der Waals surface area (Å²) in [5, 5.41) is 2.89. The number of hydrogen-bond donors (Lipinski definition) is 1. The maximum absolute atomic E-state index is 12.9. The van der Waals surface area contributed by atoms with E-state index in [4.69, 9.17) is 0 Å². The van der Waals surface area contributed by atoms with Crippen molar-refractivity contribution in [1.29, 1.82) is 0 Å². The summed E-state index contributed by atoms with van der Waals surface area (Å²) in [4.78, 5) is 27.4. The zero-order chi connectivity index (χ0) is 18.4. The van der Waals surface area contributed by atoms with Gasteiger partial charge in [-0.15, -0.1) is 0 Å². The van der Waals surface area contributed by atoms with Crippen LogP contribution < -0.4 is 5.32 Å². The third-order valence-corrected chi connectivity index (χ3v) is 5.85. The summed E-state index contributed by atoms with van der Waals surface area (Å²) >= 11 is 0. The molecule has 1 N–H and O–H groups in total. The van der Waals surface area contributed by atoms with Gasteiger partial charge >= 0.3 is 11.8 Å². The molecule has 25 heavy (non-hydrogen) atoms. The molecule has 2 aliphatic rings. The van der Waals surface area contributed by atoms with Crippen molar-refractivity contribution in [2.24, 2.45) is 10.8 Å². The Kier molecular flexibility index (Phi) is 4.42. The first-order valence-corrected chi connectivity index (χ1v) is 9.35. The molecular weight excluding hydrogens is 312 g/mol. The van der Waals surface area contributed by atoms with Gasteiger partial charge in [0.15, 0.2) is 0 Å². The van der Waals surface area contributed by atoms with Crippen molar-refractivity contribution in [3.63, 3.8) is 0 Å². The van der Waals surface area contributed by atoms with Gasteiger partial charge in [-0.25, -0.2) is 0 Å². The Labute approximate surface area is 151 Å². The van der Waals surface area contributed by atoms with Crippen molar-refractivity contribution in [3.8, 4) is 0 Å². The summed E-state index contributed by atoms with van der Waals surface area (Å²) in [5.41, 5.74) is 3.22. The third kappa shape index (κ3) is 3.44. The number of nitrogens with one attached hydrogen (secondary N) is 1. The molecule has 0 spiro atoms. The van der Waals surface area contributed by atoms with Crippen molar-refractivity contribution in [2.75, 3.05) is 11.9 Å². The molecule has 0 radical (unpaired) electrons. The van der Waals surface area contributed by atoms with Crippen LogP contribution in [-0.4, -0.2) is 29.3 Å². The summed E-state index contributed by atoms with van der Waals surface area (Å²) in [7, 11) is 0. The van der Waals surface area contributed by atoms with Crippen molar-refractivity contribution in [3.05, 3.63) is 29.3 Å². The number of amides is 2. The summed E-state index contributed by atoms with van der Waals surface area (Å²) < 4.78 is 0. The Bertz CT molecular complexity index is 710. The minimum Gasteiger partial charge on any atom is -0.331 e. The number of carbonyl (C=O) groups excluding carboxylic acids is 2. The Morgan fingerprint density at radius 1 is 1.24 bits per heavy atom. The van der Waals surface area contributed by atoms with Gasteiger partial charge in [-0.05, 0) is 54.6 Å². The van der Waals surface area contributed by atoms with E-state index in [0.29, 0.717) is 6.54 Å². The van der Waals surface area contributed by atoms with Gasteiger partial charge in [0.2, 0.25) is 0 Å². The molecule has 2 fully saturated rings. The first-order chi connectivity index (χ1) is 11.6. The van der Waals surface area contributed by atoms with Gasteiger partial charge in [0.25, 0.3) is 0 Å². The first kappa shape index (κ1) is 18.0. The Balaban J connectivity index is 1.77. The van der Waals surface area contributed by atoms with Crippen LogP contribution in [0.5, 0.6) is 0 Å². The normalized spacial score (nSPS) is 27.2. The van der Waals surface area contributed by atoms with Gasteiger partial charge in [0.1, 0.15) is 0 Å². The maximum atomic E-state index is 12.9. The van der Waals surface area contributed by atoms with E-state index in [0.717, 1.165) is 42.5 Å². The molecule has 4 nitrogen and oxygen atoms in total. The lowest BCUT2D eigenvalue weighted by atomic mass is 9.65. The lowest BCUT2D eigenvalue weighted by molar-refractivity contribution is -0.144. The van der Waals surface area contributed by atoms with E-state index in [1.165, 1.54) is 0 Å². The number of hydrogen-bond acceptors (Lipinski definition) is 2. The van der Waals surface area contributed by atoms with Crippen LogP contribution in [0.15, 0.2) is 18.2 Å². The van der Waals surface area contributed by atoms with Gasteiger partial charge in [0.05, 0.1) is 0 Å². The molecule has 0 aromatic heterocycles. The largest absolute Gasteiger partial charge is 0.331 e. The molecule has 2 unspecified atom stereocenters. The second-order valence-corrected chi connectivity index (χ2v) is 9.06.